The van der Waals surface area contributed by atoms with E-state index in [0.29, 0.717) is 42.1 Å². The first-order chi connectivity index (χ1) is 13.1. The lowest BCUT2D eigenvalue weighted by molar-refractivity contribution is 0.181. The van der Waals surface area contributed by atoms with E-state index in [1.54, 1.807) is 6.07 Å². The van der Waals surface area contributed by atoms with E-state index in [-0.39, 0.29) is 0 Å². The summed E-state index contributed by atoms with van der Waals surface area (Å²) in [6.45, 7) is 7.68. The Labute approximate surface area is 166 Å². The van der Waals surface area contributed by atoms with Gasteiger partial charge in [-0.2, -0.15) is 0 Å². The molecule has 0 bridgehead atoms. The first-order valence-corrected chi connectivity index (χ1v) is 9.86. The zero-order valence-corrected chi connectivity index (χ0v) is 17.0. The third kappa shape index (κ3) is 6.26. The molecule has 0 fully saturated rings. The van der Waals surface area contributed by atoms with Crippen molar-refractivity contribution in [1.82, 2.24) is 15.8 Å². The number of guanidine groups is 1. The van der Waals surface area contributed by atoms with Crippen molar-refractivity contribution in [3.05, 3.63) is 52.4 Å². The Morgan fingerprint density at radius 1 is 1.22 bits per heavy atom. The summed E-state index contributed by atoms with van der Waals surface area (Å²) in [6.07, 6.45) is 1.35. The second-order valence-electron chi connectivity index (χ2n) is 6.34. The van der Waals surface area contributed by atoms with Gasteiger partial charge in [-0.15, -0.1) is 0 Å². The number of aliphatic hydroxyl groups is 1. The van der Waals surface area contributed by atoms with Crippen molar-refractivity contribution < 1.29 is 9.63 Å². The third-order valence-corrected chi connectivity index (χ3v) is 4.79. The van der Waals surface area contributed by atoms with Crippen LogP contribution in [0.3, 0.4) is 0 Å². The van der Waals surface area contributed by atoms with Gasteiger partial charge in [0, 0.05) is 35.7 Å². The van der Waals surface area contributed by atoms with Crippen molar-refractivity contribution in [2.45, 2.75) is 52.2 Å². The summed E-state index contributed by atoms with van der Waals surface area (Å²) < 4.78 is 5.41. The van der Waals surface area contributed by atoms with E-state index < -0.39 is 6.10 Å². The van der Waals surface area contributed by atoms with Crippen molar-refractivity contribution in [3.63, 3.8) is 0 Å². The molecule has 0 saturated carbocycles. The van der Waals surface area contributed by atoms with Crippen LogP contribution in [-0.4, -0.2) is 29.3 Å². The second-order valence-corrected chi connectivity index (χ2v) is 6.75. The highest BCUT2D eigenvalue weighted by Crippen LogP contribution is 2.23. The summed E-state index contributed by atoms with van der Waals surface area (Å²) in [6, 6.07) is 9.24. The predicted octanol–water partition coefficient (Wildman–Crippen LogP) is 4.02. The molecule has 3 N–H and O–H groups in total. The normalized spacial score (nSPS) is 13.0. The van der Waals surface area contributed by atoms with Crippen LogP contribution >= 0.6 is 11.6 Å². The second kappa shape index (κ2) is 10.9. The number of rotatable bonds is 9. The zero-order valence-electron chi connectivity index (χ0n) is 16.2. The van der Waals surface area contributed by atoms with Crippen molar-refractivity contribution in [2.24, 2.45) is 4.99 Å². The molecule has 1 heterocycles. The van der Waals surface area contributed by atoms with Gasteiger partial charge in [-0.1, -0.05) is 48.8 Å². The molecule has 2 rings (SSSR count). The van der Waals surface area contributed by atoms with Gasteiger partial charge in [0.2, 0.25) is 0 Å². The van der Waals surface area contributed by atoms with E-state index >= 15 is 0 Å². The van der Waals surface area contributed by atoms with E-state index in [4.69, 9.17) is 16.1 Å². The number of hydrogen-bond donors (Lipinski definition) is 3. The molecular weight excluding hydrogens is 364 g/mol. The van der Waals surface area contributed by atoms with Gasteiger partial charge in [-0.3, -0.25) is 0 Å². The smallest absolute Gasteiger partial charge is 0.191 e. The zero-order chi connectivity index (χ0) is 19.6. The number of halogens is 1. The molecule has 148 valence electrons. The standard InChI is InChI=1S/C20H29ClN4O2/c1-4-14(5-2)18-11-15(27-25-18)12-23-20(22-6-3)24-13-19(26)16-9-7-8-10-17(16)21/h7-11,14,19,26H,4-6,12-13H2,1-3H3,(H2,22,23,24). The van der Waals surface area contributed by atoms with Crippen molar-refractivity contribution >= 4 is 17.6 Å². The average Bonchev–Trinajstić information content (AvgIpc) is 3.14. The number of nitrogens with one attached hydrogen (secondary N) is 2. The molecule has 1 atom stereocenters. The fourth-order valence-electron chi connectivity index (χ4n) is 2.85. The number of benzene rings is 1. The Hall–Kier alpha value is -2.05. The number of nitrogens with zero attached hydrogens (tertiary/aromatic N) is 2. The molecule has 1 unspecified atom stereocenters. The van der Waals surface area contributed by atoms with Gasteiger partial charge < -0.3 is 20.3 Å². The molecule has 6 nitrogen and oxygen atoms in total. The average molecular weight is 393 g/mol. The minimum absolute atomic E-state index is 0.297. The molecule has 0 aliphatic carbocycles. The van der Waals surface area contributed by atoms with Gasteiger partial charge in [0.05, 0.1) is 11.8 Å². The van der Waals surface area contributed by atoms with E-state index in [1.807, 2.05) is 31.2 Å². The Bertz CT molecular complexity index is 728. The molecule has 2 aromatic rings. The molecule has 27 heavy (non-hydrogen) atoms. The van der Waals surface area contributed by atoms with Crippen LogP contribution in [0, 0.1) is 0 Å². The summed E-state index contributed by atoms with van der Waals surface area (Å²) in [4.78, 5) is 4.51. The topological polar surface area (TPSA) is 82.7 Å². The predicted molar refractivity (Wildman–Crippen MR) is 109 cm³/mol. The molecule has 0 amide bonds. The highest BCUT2D eigenvalue weighted by Gasteiger charge is 2.14. The largest absolute Gasteiger partial charge is 0.387 e. The number of aromatic nitrogens is 1. The summed E-state index contributed by atoms with van der Waals surface area (Å²) in [7, 11) is 0. The van der Waals surface area contributed by atoms with Gasteiger partial charge >= 0.3 is 0 Å². The lowest BCUT2D eigenvalue weighted by Gasteiger charge is -2.16. The van der Waals surface area contributed by atoms with Gasteiger partial charge in [0.1, 0.15) is 6.54 Å². The molecule has 1 aromatic carbocycles. The molecule has 0 spiro atoms. The van der Waals surface area contributed by atoms with Crippen LogP contribution < -0.4 is 10.6 Å². The SMILES string of the molecule is CCNC(=NCc1cc(C(CC)CC)no1)NCC(O)c1ccccc1Cl. The van der Waals surface area contributed by atoms with E-state index in [2.05, 4.69) is 34.6 Å². The summed E-state index contributed by atoms with van der Waals surface area (Å²) >= 11 is 6.14. The maximum atomic E-state index is 10.4. The summed E-state index contributed by atoms with van der Waals surface area (Å²) in [5.41, 5.74) is 1.67. The van der Waals surface area contributed by atoms with Crippen LogP contribution in [0.1, 0.15) is 62.7 Å². The van der Waals surface area contributed by atoms with Crippen molar-refractivity contribution in [3.8, 4) is 0 Å². The number of aliphatic hydroxyl groups excluding tert-OH is 1. The molecule has 1 aromatic heterocycles. The quantitative estimate of drug-likeness (QED) is 0.443. The maximum absolute atomic E-state index is 10.4. The van der Waals surface area contributed by atoms with Gasteiger partial charge in [-0.05, 0) is 25.8 Å². The van der Waals surface area contributed by atoms with E-state index in [0.717, 1.165) is 24.3 Å². The monoisotopic (exact) mass is 392 g/mol. The number of aliphatic imine (C=N–C) groups is 1. The van der Waals surface area contributed by atoms with Crippen LogP contribution in [0.25, 0.3) is 0 Å². The molecule has 0 saturated heterocycles. The summed E-state index contributed by atoms with van der Waals surface area (Å²) in [5, 5.41) is 21.4. The van der Waals surface area contributed by atoms with Crippen LogP contribution in [0.15, 0.2) is 39.8 Å². The maximum Gasteiger partial charge on any atom is 0.191 e. The Balaban J connectivity index is 1.97. The van der Waals surface area contributed by atoms with E-state index in [1.165, 1.54) is 0 Å². The van der Waals surface area contributed by atoms with Gasteiger partial charge in [-0.25, -0.2) is 4.99 Å². The van der Waals surface area contributed by atoms with Crippen molar-refractivity contribution in [2.75, 3.05) is 13.1 Å². The highest BCUT2D eigenvalue weighted by atomic mass is 35.5. The molecule has 0 aliphatic rings. The Morgan fingerprint density at radius 2 is 1.96 bits per heavy atom. The first kappa shape index (κ1) is 21.3. The van der Waals surface area contributed by atoms with Crippen LogP contribution in [0.4, 0.5) is 0 Å². The van der Waals surface area contributed by atoms with Crippen LogP contribution in [-0.2, 0) is 6.54 Å². The van der Waals surface area contributed by atoms with Gasteiger partial charge in [0.15, 0.2) is 11.7 Å². The van der Waals surface area contributed by atoms with Gasteiger partial charge in [0.25, 0.3) is 0 Å². The van der Waals surface area contributed by atoms with E-state index in [9.17, 15) is 5.11 Å². The number of hydrogen-bond acceptors (Lipinski definition) is 4. The molecular formula is C20H29ClN4O2. The molecule has 7 heteroatoms. The van der Waals surface area contributed by atoms with Crippen LogP contribution in [0.2, 0.25) is 5.02 Å². The fraction of sp³-hybridized carbons (Fsp3) is 0.500. The minimum Gasteiger partial charge on any atom is -0.387 e. The first-order valence-electron chi connectivity index (χ1n) is 9.49. The molecule has 0 aliphatic heterocycles. The Kier molecular flexibility index (Phi) is 8.61. The lowest BCUT2D eigenvalue weighted by Crippen LogP contribution is -2.39. The third-order valence-electron chi connectivity index (χ3n) is 4.45. The lowest BCUT2D eigenvalue weighted by atomic mass is 9.99. The fourth-order valence-corrected chi connectivity index (χ4v) is 3.11. The van der Waals surface area contributed by atoms with Crippen molar-refractivity contribution in [1.29, 1.82) is 0 Å². The highest BCUT2D eigenvalue weighted by molar-refractivity contribution is 6.31. The van der Waals surface area contributed by atoms with Crippen LogP contribution in [0.5, 0.6) is 0 Å². The minimum atomic E-state index is -0.727. The molecule has 0 radical (unpaired) electrons. The summed E-state index contributed by atoms with van der Waals surface area (Å²) in [5.74, 6) is 1.74. The Morgan fingerprint density at radius 3 is 2.63 bits per heavy atom.